The van der Waals surface area contributed by atoms with Crippen LogP contribution in [0, 0.1) is 6.92 Å². The predicted molar refractivity (Wildman–Crippen MR) is 72.1 cm³/mol. The van der Waals surface area contributed by atoms with E-state index in [1.54, 1.807) is 6.07 Å². The highest BCUT2D eigenvalue weighted by Gasteiger charge is 2.16. The molecule has 1 heterocycles. The molecule has 7 heteroatoms. The summed E-state index contributed by atoms with van der Waals surface area (Å²) in [7, 11) is 1.42. The molecule has 1 aromatic heterocycles. The van der Waals surface area contributed by atoms with Gasteiger partial charge in [-0.3, -0.25) is 9.59 Å². The van der Waals surface area contributed by atoms with Gasteiger partial charge in [-0.05, 0) is 34.5 Å². The molecule has 0 bridgehead atoms. The molecular formula is C11H14BrNO4S. The molecule has 0 saturated heterocycles. The van der Waals surface area contributed by atoms with Gasteiger partial charge in [-0.1, -0.05) is 0 Å². The second-order valence-corrected chi connectivity index (χ2v) is 6.10. The molecular weight excluding hydrogens is 322 g/mol. The van der Waals surface area contributed by atoms with E-state index in [4.69, 9.17) is 9.84 Å². The predicted octanol–water partition coefficient (Wildman–Crippen LogP) is 2.04. The highest BCUT2D eigenvalue weighted by Crippen LogP contribution is 2.27. The number of carboxylic acid groups (broad SMARTS) is 1. The summed E-state index contributed by atoms with van der Waals surface area (Å²) in [6, 6.07) is 1.78. The molecule has 0 aromatic carbocycles. The lowest BCUT2D eigenvalue weighted by Gasteiger charge is -2.13. The first kappa shape index (κ1) is 15.1. The zero-order chi connectivity index (χ0) is 13.7. The van der Waals surface area contributed by atoms with E-state index in [9.17, 15) is 9.59 Å². The highest BCUT2D eigenvalue weighted by atomic mass is 79.9. The van der Waals surface area contributed by atoms with Crippen molar-refractivity contribution in [1.82, 2.24) is 5.32 Å². The van der Waals surface area contributed by atoms with Crippen LogP contribution >= 0.6 is 27.3 Å². The minimum atomic E-state index is -0.953. The molecule has 0 aliphatic carbocycles. The van der Waals surface area contributed by atoms with Crippen molar-refractivity contribution in [2.45, 2.75) is 19.4 Å². The Morgan fingerprint density at radius 3 is 2.72 bits per heavy atom. The minimum absolute atomic E-state index is 0.135. The van der Waals surface area contributed by atoms with Crippen molar-refractivity contribution in [2.75, 3.05) is 13.7 Å². The van der Waals surface area contributed by atoms with Crippen LogP contribution in [-0.4, -0.2) is 36.7 Å². The molecule has 0 aliphatic rings. The first-order chi connectivity index (χ1) is 8.43. The van der Waals surface area contributed by atoms with Crippen molar-refractivity contribution >= 4 is 39.1 Å². The van der Waals surface area contributed by atoms with Gasteiger partial charge in [0, 0.05) is 13.7 Å². The number of carbonyl (C=O) groups is 2. The largest absolute Gasteiger partial charge is 0.481 e. The molecule has 5 nitrogen and oxygen atoms in total. The number of rotatable bonds is 6. The lowest BCUT2D eigenvalue weighted by atomic mass is 10.2. The number of nitrogens with one attached hydrogen (secondary N) is 1. The summed E-state index contributed by atoms with van der Waals surface area (Å²) in [6.45, 7) is 2.08. The molecule has 0 saturated carbocycles. The van der Waals surface area contributed by atoms with Crippen LogP contribution in [-0.2, 0) is 9.53 Å². The van der Waals surface area contributed by atoms with Gasteiger partial charge in [0.2, 0.25) is 0 Å². The summed E-state index contributed by atoms with van der Waals surface area (Å²) in [6.07, 6.45) is -0.653. The van der Waals surface area contributed by atoms with Gasteiger partial charge in [0.05, 0.1) is 21.2 Å². The fraction of sp³-hybridized carbons (Fsp3) is 0.455. The number of hydrogen-bond acceptors (Lipinski definition) is 4. The summed E-state index contributed by atoms with van der Waals surface area (Å²) in [5.41, 5.74) is 0.999. The van der Waals surface area contributed by atoms with Crippen molar-refractivity contribution in [3.05, 3.63) is 20.3 Å². The molecule has 18 heavy (non-hydrogen) atoms. The SMILES string of the molecule is COC(CNC(=O)c1cc(C)c(Br)s1)CC(=O)O. The summed E-state index contributed by atoms with van der Waals surface area (Å²) >= 11 is 4.69. The maximum atomic E-state index is 11.8. The molecule has 100 valence electrons. The van der Waals surface area contributed by atoms with E-state index < -0.39 is 12.1 Å². The number of aryl methyl sites for hydroxylation is 1. The molecule has 1 atom stereocenters. The third kappa shape index (κ3) is 4.40. The fourth-order valence-corrected chi connectivity index (χ4v) is 2.75. The first-order valence-electron chi connectivity index (χ1n) is 5.22. The zero-order valence-corrected chi connectivity index (χ0v) is 12.4. The maximum Gasteiger partial charge on any atom is 0.306 e. The molecule has 0 aliphatic heterocycles. The molecule has 1 rings (SSSR count). The second-order valence-electron chi connectivity index (χ2n) is 3.73. The molecule has 1 unspecified atom stereocenters. The minimum Gasteiger partial charge on any atom is -0.481 e. The Balaban J connectivity index is 2.52. The number of methoxy groups -OCH3 is 1. The van der Waals surface area contributed by atoms with Crippen LogP contribution in [0.3, 0.4) is 0 Å². The van der Waals surface area contributed by atoms with Gasteiger partial charge in [0.25, 0.3) is 5.91 Å². The van der Waals surface area contributed by atoms with Gasteiger partial charge in [0.15, 0.2) is 0 Å². The van der Waals surface area contributed by atoms with Crippen LogP contribution in [0.5, 0.6) is 0 Å². The van der Waals surface area contributed by atoms with Crippen molar-refractivity contribution < 1.29 is 19.4 Å². The quantitative estimate of drug-likeness (QED) is 0.834. The monoisotopic (exact) mass is 335 g/mol. The molecule has 1 amide bonds. The number of carboxylic acids is 1. The van der Waals surface area contributed by atoms with Crippen LogP contribution in [0.4, 0.5) is 0 Å². The Morgan fingerprint density at radius 2 is 2.28 bits per heavy atom. The van der Waals surface area contributed by atoms with Crippen LogP contribution in [0.1, 0.15) is 21.7 Å². The summed E-state index contributed by atoms with van der Waals surface area (Å²) < 4.78 is 5.89. The highest BCUT2D eigenvalue weighted by molar-refractivity contribution is 9.11. The summed E-state index contributed by atoms with van der Waals surface area (Å²) in [5, 5.41) is 11.3. The van der Waals surface area contributed by atoms with Crippen molar-refractivity contribution in [1.29, 1.82) is 0 Å². The standard InChI is InChI=1S/C11H14BrNO4S/c1-6-3-8(18-10(6)12)11(16)13-5-7(17-2)4-9(14)15/h3,7H,4-5H2,1-2H3,(H,13,16)(H,14,15). The lowest BCUT2D eigenvalue weighted by Crippen LogP contribution is -2.34. The maximum absolute atomic E-state index is 11.8. The van der Waals surface area contributed by atoms with E-state index in [0.29, 0.717) is 4.88 Å². The third-order valence-corrected chi connectivity index (χ3v) is 4.44. The van der Waals surface area contributed by atoms with E-state index >= 15 is 0 Å². The Kier molecular flexibility index (Phi) is 5.77. The number of hydrogen-bond donors (Lipinski definition) is 2. The second kappa shape index (κ2) is 6.86. The Bertz CT molecular complexity index is 427. The summed E-state index contributed by atoms with van der Waals surface area (Å²) in [4.78, 5) is 22.9. The lowest BCUT2D eigenvalue weighted by molar-refractivity contribution is -0.139. The van der Waals surface area contributed by atoms with Gasteiger partial charge in [-0.15, -0.1) is 11.3 Å². The normalized spacial score (nSPS) is 12.2. The van der Waals surface area contributed by atoms with Gasteiger partial charge in [-0.25, -0.2) is 0 Å². The fourth-order valence-electron chi connectivity index (χ4n) is 1.30. The number of carbonyl (C=O) groups excluding carboxylic acids is 1. The summed E-state index contributed by atoms with van der Waals surface area (Å²) in [5.74, 6) is -1.17. The number of halogens is 1. The molecule has 2 N–H and O–H groups in total. The van der Waals surface area contributed by atoms with Gasteiger partial charge in [-0.2, -0.15) is 0 Å². The van der Waals surface area contributed by atoms with Gasteiger partial charge in [0.1, 0.15) is 0 Å². The average molecular weight is 336 g/mol. The number of thiophene rings is 1. The van der Waals surface area contributed by atoms with Crippen molar-refractivity contribution in [3.8, 4) is 0 Å². The van der Waals surface area contributed by atoms with Crippen LogP contribution in [0.25, 0.3) is 0 Å². The number of aliphatic carboxylic acids is 1. The molecule has 0 fully saturated rings. The number of ether oxygens (including phenoxy) is 1. The van der Waals surface area contributed by atoms with E-state index in [0.717, 1.165) is 9.35 Å². The van der Waals surface area contributed by atoms with Gasteiger partial charge >= 0.3 is 5.97 Å². The van der Waals surface area contributed by atoms with E-state index in [-0.39, 0.29) is 18.9 Å². The zero-order valence-electron chi connectivity index (χ0n) is 10.0. The third-order valence-electron chi connectivity index (χ3n) is 2.31. The van der Waals surface area contributed by atoms with E-state index in [1.165, 1.54) is 18.4 Å². The topological polar surface area (TPSA) is 75.6 Å². The van der Waals surface area contributed by atoms with E-state index in [1.807, 2.05) is 6.92 Å². The van der Waals surface area contributed by atoms with Crippen LogP contribution in [0.2, 0.25) is 0 Å². The van der Waals surface area contributed by atoms with Crippen molar-refractivity contribution in [2.24, 2.45) is 0 Å². The smallest absolute Gasteiger partial charge is 0.306 e. The van der Waals surface area contributed by atoms with Crippen molar-refractivity contribution in [3.63, 3.8) is 0 Å². The first-order valence-corrected chi connectivity index (χ1v) is 6.83. The van der Waals surface area contributed by atoms with Crippen LogP contribution in [0.15, 0.2) is 9.85 Å². The molecule has 1 aromatic rings. The van der Waals surface area contributed by atoms with E-state index in [2.05, 4.69) is 21.2 Å². The Labute approximate surface area is 117 Å². The average Bonchev–Trinajstić information content (AvgIpc) is 2.64. The van der Waals surface area contributed by atoms with Crippen LogP contribution < -0.4 is 5.32 Å². The number of amides is 1. The molecule has 0 spiro atoms. The van der Waals surface area contributed by atoms with Gasteiger partial charge < -0.3 is 15.2 Å². The Hall–Kier alpha value is -0.920. The Morgan fingerprint density at radius 1 is 1.61 bits per heavy atom. The molecule has 0 radical (unpaired) electrons.